The van der Waals surface area contributed by atoms with Crippen LogP contribution in [0.15, 0.2) is 30.6 Å². The van der Waals surface area contributed by atoms with Crippen molar-refractivity contribution in [3.05, 3.63) is 52.3 Å². The fourth-order valence-corrected chi connectivity index (χ4v) is 10.1. The molecule has 270 valence electrons. The number of thiophene rings is 1. The van der Waals surface area contributed by atoms with Crippen LogP contribution in [0.1, 0.15) is 54.3 Å². The molecule has 3 aliphatic carbocycles. The van der Waals surface area contributed by atoms with Crippen molar-refractivity contribution in [3.8, 4) is 6.07 Å². The van der Waals surface area contributed by atoms with E-state index in [4.69, 9.17) is 4.74 Å². The SMILES string of the molecule is Cc1c(CN2CCC(Nc3ncnc4sc(CC(F)(F)F)cc34)CC2)ccc2c1cc(C#N)n2CC12CC(NC(=O)CN3CCOCC3)(C1)[C@H]2C. The first-order valence-corrected chi connectivity index (χ1v) is 18.7. The molecule has 2 aliphatic heterocycles. The minimum absolute atomic E-state index is 0.0844. The van der Waals surface area contributed by atoms with E-state index in [1.807, 2.05) is 6.07 Å². The van der Waals surface area contributed by atoms with Gasteiger partial charge >= 0.3 is 6.18 Å². The molecule has 10 nitrogen and oxygen atoms in total. The Hall–Kier alpha value is -3.77. The minimum Gasteiger partial charge on any atom is -0.379 e. The second-order valence-electron chi connectivity index (χ2n) is 15.2. The summed E-state index contributed by atoms with van der Waals surface area (Å²) in [4.78, 5) is 26.8. The van der Waals surface area contributed by atoms with E-state index < -0.39 is 12.6 Å². The van der Waals surface area contributed by atoms with Gasteiger partial charge in [0.15, 0.2) is 0 Å². The number of alkyl halides is 3. The number of piperidine rings is 1. The summed E-state index contributed by atoms with van der Waals surface area (Å²) in [6, 6.07) is 10.6. The van der Waals surface area contributed by atoms with Gasteiger partial charge in [-0.15, -0.1) is 11.3 Å². The Balaban J connectivity index is 0.886. The van der Waals surface area contributed by atoms with E-state index in [-0.39, 0.29) is 27.8 Å². The van der Waals surface area contributed by atoms with Crippen LogP contribution in [0, 0.1) is 29.6 Å². The Morgan fingerprint density at radius 2 is 1.86 bits per heavy atom. The molecule has 1 amide bonds. The number of benzene rings is 1. The molecule has 9 rings (SSSR count). The molecular weight excluding hydrogens is 678 g/mol. The fourth-order valence-electron chi connectivity index (χ4n) is 9.11. The van der Waals surface area contributed by atoms with E-state index in [1.165, 1.54) is 17.5 Å². The summed E-state index contributed by atoms with van der Waals surface area (Å²) >= 11 is 1.07. The minimum atomic E-state index is -4.26. The summed E-state index contributed by atoms with van der Waals surface area (Å²) in [7, 11) is 0. The van der Waals surface area contributed by atoms with Crippen LogP contribution in [0.4, 0.5) is 19.0 Å². The maximum absolute atomic E-state index is 13.0. The van der Waals surface area contributed by atoms with Crippen LogP contribution in [0.3, 0.4) is 0 Å². The second kappa shape index (κ2) is 13.0. The number of fused-ring (bicyclic) bond motifs is 2. The van der Waals surface area contributed by atoms with Crippen molar-refractivity contribution in [1.29, 1.82) is 5.26 Å². The molecule has 5 aliphatic rings. The van der Waals surface area contributed by atoms with Crippen molar-refractivity contribution >= 4 is 44.2 Å². The maximum atomic E-state index is 13.0. The van der Waals surface area contributed by atoms with E-state index in [2.05, 4.69) is 67.0 Å². The number of rotatable bonds is 10. The molecule has 5 heterocycles. The number of halogens is 3. The van der Waals surface area contributed by atoms with Gasteiger partial charge in [-0.2, -0.15) is 18.4 Å². The highest BCUT2D eigenvalue weighted by Crippen LogP contribution is 2.72. The summed E-state index contributed by atoms with van der Waals surface area (Å²) < 4.78 is 46.6. The smallest absolute Gasteiger partial charge is 0.379 e. The lowest BCUT2D eigenvalue weighted by atomic mass is 9.33. The number of ether oxygens (including phenoxy) is 1. The Kier molecular flexibility index (Phi) is 8.76. The van der Waals surface area contributed by atoms with Crippen LogP contribution in [0.5, 0.6) is 0 Å². The molecule has 51 heavy (non-hydrogen) atoms. The number of nitriles is 1. The van der Waals surface area contributed by atoms with Gasteiger partial charge in [-0.1, -0.05) is 13.0 Å². The predicted octanol–water partition coefficient (Wildman–Crippen LogP) is 5.62. The number of carbonyl (C=O) groups is 1. The molecule has 0 spiro atoms. The number of likely N-dealkylation sites (tertiary alicyclic amines) is 1. The van der Waals surface area contributed by atoms with E-state index in [1.54, 1.807) is 6.07 Å². The van der Waals surface area contributed by atoms with Crippen LogP contribution in [-0.4, -0.2) is 93.9 Å². The molecular formula is C37H43F3N8O2S. The summed E-state index contributed by atoms with van der Waals surface area (Å²) in [6.07, 6.45) is -0.153. The summed E-state index contributed by atoms with van der Waals surface area (Å²) in [5, 5.41) is 18.8. The first kappa shape index (κ1) is 34.3. The highest BCUT2D eigenvalue weighted by atomic mass is 32.1. The molecule has 2 bridgehead atoms. The lowest BCUT2D eigenvalue weighted by Crippen LogP contribution is -2.82. The van der Waals surface area contributed by atoms with Gasteiger partial charge in [0.1, 0.15) is 28.7 Å². The van der Waals surface area contributed by atoms with Crippen LogP contribution in [0.25, 0.3) is 21.1 Å². The van der Waals surface area contributed by atoms with E-state index in [0.717, 1.165) is 87.2 Å². The molecule has 3 aromatic heterocycles. The normalized spacial score (nSPS) is 25.8. The topological polar surface area (TPSA) is 111 Å². The van der Waals surface area contributed by atoms with Crippen LogP contribution >= 0.6 is 11.3 Å². The zero-order chi connectivity index (χ0) is 35.5. The molecule has 4 aromatic rings. The van der Waals surface area contributed by atoms with Crippen LogP contribution in [0.2, 0.25) is 0 Å². The largest absolute Gasteiger partial charge is 0.393 e. The molecule has 3 saturated carbocycles. The van der Waals surface area contributed by atoms with Gasteiger partial charge in [-0.3, -0.25) is 14.6 Å². The average molecular weight is 721 g/mol. The van der Waals surface area contributed by atoms with Crippen molar-refractivity contribution in [2.45, 2.75) is 76.8 Å². The third-order valence-corrected chi connectivity index (χ3v) is 13.1. The second-order valence-corrected chi connectivity index (χ2v) is 16.3. The monoisotopic (exact) mass is 720 g/mol. The van der Waals surface area contributed by atoms with Gasteiger partial charge in [0, 0.05) is 66.6 Å². The molecule has 1 atom stereocenters. The molecule has 5 fully saturated rings. The van der Waals surface area contributed by atoms with E-state index in [0.29, 0.717) is 47.4 Å². The molecule has 1 aromatic carbocycles. The van der Waals surface area contributed by atoms with Crippen molar-refractivity contribution in [3.63, 3.8) is 0 Å². The number of anilines is 1. The number of hydrogen-bond donors (Lipinski definition) is 2. The zero-order valence-electron chi connectivity index (χ0n) is 29.0. The summed E-state index contributed by atoms with van der Waals surface area (Å²) in [5.74, 6) is 1.04. The fraction of sp³-hybridized carbons (Fsp3) is 0.568. The number of aromatic nitrogens is 3. The number of hydrogen-bond acceptors (Lipinski definition) is 9. The number of amides is 1. The van der Waals surface area contributed by atoms with Crippen molar-refractivity contribution in [2.24, 2.45) is 11.3 Å². The van der Waals surface area contributed by atoms with Gasteiger partial charge in [-0.05, 0) is 73.3 Å². The molecule has 2 N–H and O–H groups in total. The Labute approximate surface area is 299 Å². The molecule has 14 heteroatoms. The highest BCUT2D eigenvalue weighted by Gasteiger charge is 2.74. The van der Waals surface area contributed by atoms with Crippen LogP contribution < -0.4 is 10.6 Å². The maximum Gasteiger partial charge on any atom is 0.393 e. The number of nitrogens with zero attached hydrogens (tertiary/aromatic N) is 6. The third kappa shape index (κ3) is 6.47. The van der Waals surface area contributed by atoms with Gasteiger partial charge in [0.2, 0.25) is 5.91 Å². The Morgan fingerprint density at radius 3 is 2.57 bits per heavy atom. The molecule has 0 unspecified atom stereocenters. The van der Waals surface area contributed by atoms with Gasteiger partial charge in [0.25, 0.3) is 0 Å². The number of nitrogens with one attached hydrogen (secondary N) is 2. The first-order valence-electron chi connectivity index (χ1n) is 17.9. The lowest BCUT2D eigenvalue weighted by molar-refractivity contribution is -0.228. The Morgan fingerprint density at radius 1 is 1.10 bits per heavy atom. The number of morpholine rings is 1. The highest BCUT2D eigenvalue weighted by molar-refractivity contribution is 7.18. The van der Waals surface area contributed by atoms with Gasteiger partial charge < -0.3 is 19.9 Å². The van der Waals surface area contributed by atoms with Gasteiger partial charge in [0.05, 0.1) is 31.6 Å². The summed E-state index contributed by atoms with van der Waals surface area (Å²) in [6.45, 7) is 11.1. The molecule has 0 radical (unpaired) electrons. The first-order chi connectivity index (χ1) is 24.4. The van der Waals surface area contributed by atoms with Crippen molar-refractivity contribution in [2.75, 3.05) is 51.3 Å². The third-order valence-electron chi connectivity index (χ3n) is 12.1. The van der Waals surface area contributed by atoms with Crippen molar-refractivity contribution < 1.29 is 22.7 Å². The van der Waals surface area contributed by atoms with Crippen molar-refractivity contribution in [1.82, 2.24) is 29.7 Å². The molecule has 2 saturated heterocycles. The van der Waals surface area contributed by atoms with Crippen LogP contribution in [-0.2, 0) is 29.0 Å². The van der Waals surface area contributed by atoms with E-state index >= 15 is 0 Å². The zero-order valence-corrected chi connectivity index (χ0v) is 29.8. The lowest BCUT2D eigenvalue weighted by Gasteiger charge is -2.76. The Bertz CT molecular complexity index is 2000. The standard InChI is InChI=1S/C37H43F3N8O2S/c1-23-25(17-46-7-5-26(6-8-46)44-33-30-14-28(15-37(38,39)40)51-34(30)43-22-42-33)3-4-31-29(23)13-27(16-41)48(31)21-35-19-36(20-35,24(35)2)45-32(49)18-47-9-11-50-12-10-47/h3-4,13-14,22,24,26H,5-12,15,17-21H2,1-2H3,(H,45,49)(H,42,43,44)/t24-,35?,36?/m0/s1. The number of carbonyl (C=O) groups excluding carboxylic acids is 1. The number of aryl methyl sites for hydroxylation is 1. The quantitative estimate of drug-likeness (QED) is 0.217. The van der Waals surface area contributed by atoms with E-state index in [9.17, 15) is 23.2 Å². The average Bonchev–Trinajstić information content (AvgIpc) is 3.66. The summed E-state index contributed by atoms with van der Waals surface area (Å²) in [5.41, 5.74) is 4.15. The van der Waals surface area contributed by atoms with Gasteiger partial charge in [-0.25, -0.2) is 9.97 Å². The predicted molar refractivity (Wildman–Crippen MR) is 189 cm³/mol.